The third-order valence-corrected chi connectivity index (χ3v) is 5.34. The molecule has 0 unspecified atom stereocenters. The number of anilines is 1. The van der Waals surface area contributed by atoms with Crippen LogP contribution in [0, 0.1) is 36.8 Å². The van der Waals surface area contributed by atoms with Gasteiger partial charge in [-0.05, 0) is 37.5 Å². The number of fused-ring (bicyclic) bond motifs is 1. The Bertz CT molecular complexity index is 1370. The number of nitrogens with one attached hydrogen (secondary N) is 1. The predicted octanol–water partition coefficient (Wildman–Crippen LogP) is 4.73. The molecule has 0 fully saturated rings. The summed E-state index contributed by atoms with van der Waals surface area (Å²) in [5.41, 5.74) is 3.94. The molecule has 0 aliphatic heterocycles. The molecular formula is C24H19F2N5O. The topological polar surface area (TPSA) is 83.1 Å². The molecule has 0 aliphatic rings. The molecule has 0 saturated heterocycles. The number of nitrogens with zero attached hydrogens (tertiary/aromatic N) is 4. The Labute approximate surface area is 183 Å². The van der Waals surface area contributed by atoms with Gasteiger partial charge in [-0.1, -0.05) is 30.3 Å². The molecule has 0 bridgehead atoms. The molecule has 0 atom stereocenters. The van der Waals surface area contributed by atoms with E-state index < -0.39 is 17.5 Å². The van der Waals surface area contributed by atoms with Gasteiger partial charge in [-0.15, -0.1) is 0 Å². The molecular weight excluding hydrogens is 412 g/mol. The molecule has 1 amide bonds. The number of carbonyl (C=O) groups is 1. The average Bonchev–Trinajstić information content (AvgIpc) is 3.18. The minimum Gasteiger partial charge on any atom is -0.323 e. The van der Waals surface area contributed by atoms with Crippen LogP contribution in [-0.2, 0) is 11.2 Å². The van der Waals surface area contributed by atoms with Crippen LogP contribution in [0.4, 0.5) is 14.5 Å². The van der Waals surface area contributed by atoms with Gasteiger partial charge in [-0.25, -0.2) is 18.3 Å². The Kier molecular flexibility index (Phi) is 5.65. The number of benzene rings is 2. The lowest BCUT2D eigenvalue weighted by atomic mass is 10.0. The van der Waals surface area contributed by atoms with Crippen LogP contribution < -0.4 is 5.32 Å². The molecule has 2 aromatic heterocycles. The van der Waals surface area contributed by atoms with Crippen molar-refractivity contribution < 1.29 is 13.6 Å². The summed E-state index contributed by atoms with van der Waals surface area (Å²) in [5, 5.41) is 16.0. The van der Waals surface area contributed by atoms with Crippen molar-refractivity contribution in [3.05, 3.63) is 82.8 Å². The SMILES string of the molecule is Cc1nc2c(C#N)cnn2c(C)c1CCC(=O)Nc1c(F)cc(F)cc1-c1ccccc1. The number of aryl methyl sites for hydroxylation is 2. The molecule has 160 valence electrons. The van der Waals surface area contributed by atoms with Gasteiger partial charge in [0.25, 0.3) is 0 Å². The van der Waals surface area contributed by atoms with Crippen molar-refractivity contribution in [2.45, 2.75) is 26.7 Å². The van der Waals surface area contributed by atoms with Crippen LogP contribution in [-0.4, -0.2) is 20.5 Å². The van der Waals surface area contributed by atoms with Crippen molar-refractivity contribution in [2.75, 3.05) is 5.32 Å². The zero-order valence-corrected chi connectivity index (χ0v) is 17.5. The van der Waals surface area contributed by atoms with E-state index >= 15 is 0 Å². The molecule has 0 aliphatic carbocycles. The number of carbonyl (C=O) groups excluding carboxylic acids is 1. The lowest BCUT2D eigenvalue weighted by Gasteiger charge is -2.14. The van der Waals surface area contributed by atoms with Crippen molar-refractivity contribution in [1.82, 2.24) is 14.6 Å². The van der Waals surface area contributed by atoms with Crippen LogP contribution in [0.1, 0.15) is 28.9 Å². The number of hydrogen-bond acceptors (Lipinski definition) is 4. The molecule has 0 radical (unpaired) electrons. The first-order valence-electron chi connectivity index (χ1n) is 9.97. The number of hydrogen-bond donors (Lipinski definition) is 1. The van der Waals surface area contributed by atoms with E-state index in [1.807, 2.05) is 13.8 Å². The van der Waals surface area contributed by atoms with E-state index in [1.54, 1.807) is 34.8 Å². The maximum atomic E-state index is 14.6. The van der Waals surface area contributed by atoms with Crippen LogP contribution >= 0.6 is 0 Å². The maximum Gasteiger partial charge on any atom is 0.224 e. The zero-order chi connectivity index (χ0) is 22.8. The smallest absolute Gasteiger partial charge is 0.224 e. The van der Waals surface area contributed by atoms with Crippen LogP contribution in [0.15, 0.2) is 48.7 Å². The molecule has 4 rings (SSSR count). The van der Waals surface area contributed by atoms with E-state index in [9.17, 15) is 18.8 Å². The maximum absolute atomic E-state index is 14.6. The van der Waals surface area contributed by atoms with Gasteiger partial charge in [-0.2, -0.15) is 10.4 Å². The fourth-order valence-corrected chi connectivity index (χ4v) is 3.74. The second-order valence-electron chi connectivity index (χ2n) is 7.39. The first-order valence-corrected chi connectivity index (χ1v) is 9.97. The molecule has 0 spiro atoms. The number of aromatic nitrogens is 3. The van der Waals surface area contributed by atoms with Crippen molar-refractivity contribution in [3.8, 4) is 17.2 Å². The minimum atomic E-state index is -0.840. The number of halogens is 2. The predicted molar refractivity (Wildman–Crippen MR) is 116 cm³/mol. The third-order valence-electron chi connectivity index (χ3n) is 5.34. The largest absolute Gasteiger partial charge is 0.323 e. The van der Waals surface area contributed by atoms with Crippen LogP contribution in [0.3, 0.4) is 0 Å². The highest BCUT2D eigenvalue weighted by atomic mass is 19.1. The van der Waals surface area contributed by atoms with Crippen molar-refractivity contribution in [2.24, 2.45) is 0 Å². The molecule has 2 aromatic carbocycles. The van der Waals surface area contributed by atoms with Gasteiger partial charge in [0.15, 0.2) is 5.65 Å². The van der Waals surface area contributed by atoms with Gasteiger partial charge < -0.3 is 5.32 Å². The van der Waals surface area contributed by atoms with Gasteiger partial charge in [0.05, 0.1) is 11.9 Å². The summed E-state index contributed by atoms with van der Waals surface area (Å²) in [4.78, 5) is 17.1. The molecule has 1 N–H and O–H groups in total. The third kappa shape index (κ3) is 3.93. The summed E-state index contributed by atoms with van der Waals surface area (Å²) in [6.45, 7) is 3.65. The van der Waals surface area contributed by atoms with Gasteiger partial charge in [0.2, 0.25) is 5.91 Å². The summed E-state index contributed by atoms with van der Waals surface area (Å²) >= 11 is 0. The highest BCUT2D eigenvalue weighted by molar-refractivity contribution is 5.95. The summed E-state index contributed by atoms with van der Waals surface area (Å²) in [7, 11) is 0. The Morgan fingerprint density at radius 3 is 2.66 bits per heavy atom. The van der Waals surface area contributed by atoms with Crippen LogP contribution in [0.25, 0.3) is 16.8 Å². The van der Waals surface area contributed by atoms with E-state index in [0.717, 1.165) is 17.3 Å². The quantitative estimate of drug-likeness (QED) is 0.495. The van der Waals surface area contributed by atoms with Gasteiger partial charge in [0.1, 0.15) is 23.3 Å². The lowest BCUT2D eigenvalue weighted by molar-refractivity contribution is -0.116. The fourth-order valence-electron chi connectivity index (χ4n) is 3.74. The standard InChI is InChI=1S/C24H19F2N5O/c1-14-19(15(2)31-24(29-14)17(12-27)13-28-31)8-9-22(32)30-23-20(10-18(25)11-21(23)26)16-6-4-3-5-7-16/h3-7,10-11,13H,8-9H2,1-2H3,(H,30,32). The monoisotopic (exact) mass is 431 g/mol. The first-order chi connectivity index (χ1) is 15.4. The summed E-state index contributed by atoms with van der Waals surface area (Å²) < 4.78 is 30.0. The van der Waals surface area contributed by atoms with E-state index in [2.05, 4.69) is 21.5 Å². The van der Waals surface area contributed by atoms with Gasteiger partial charge >= 0.3 is 0 Å². The van der Waals surface area contributed by atoms with E-state index in [4.69, 9.17) is 0 Å². The van der Waals surface area contributed by atoms with E-state index in [0.29, 0.717) is 28.9 Å². The molecule has 0 saturated carbocycles. The normalized spacial score (nSPS) is 10.8. The molecule has 8 heteroatoms. The van der Waals surface area contributed by atoms with Gasteiger partial charge in [0, 0.05) is 29.4 Å². The van der Waals surface area contributed by atoms with Crippen molar-refractivity contribution in [3.63, 3.8) is 0 Å². The molecule has 4 aromatic rings. The van der Waals surface area contributed by atoms with E-state index in [1.165, 1.54) is 12.3 Å². The summed E-state index contributed by atoms with van der Waals surface area (Å²) in [5.74, 6) is -1.97. The molecule has 6 nitrogen and oxygen atoms in total. The highest BCUT2D eigenvalue weighted by Gasteiger charge is 2.18. The van der Waals surface area contributed by atoms with E-state index in [-0.39, 0.29) is 17.7 Å². The van der Waals surface area contributed by atoms with Crippen molar-refractivity contribution in [1.29, 1.82) is 5.26 Å². The number of amides is 1. The average molecular weight is 431 g/mol. The van der Waals surface area contributed by atoms with Crippen LogP contribution in [0.2, 0.25) is 0 Å². The molecule has 2 heterocycles. The number of nitriles is 1. The Hall–Kier alpha value is -4.12. The van der Waals surface area contributed by atoms with Gasteiger partial charge in [-0.3, -0.25) is 4.79 Å². The zero-order valence-electron chi connectivity index (χ0n) is 17.5. The summed E-state index contributed by atoms with van der Waals surface area (Å²) in [6.07, 6.45) is 1.86. The number of rotatable bonds is 5. The Morgan fingerprint density at radius 1 is 1.19 bits per heavy atom. The minimum absolute atomic E-state index is 0.0599. The first kappa shape index (κ1) is 21.1. The lowest BCUT2D eigenvalue weighted by Crippen LogP contribution is -2.16. The second-order valence-corrected chi connectivity index (χ2v) is 7.39. The Balaban J connectivity index is 1.58. The van der Waals surface area contributed by atoms with Crippen LogP contribution in [0.5, 0.6) is 0 Å². The van der Waals surface area contributed by atoms with Crippen molar-refractivity contribution >= 4 is 17.2 Å². The Morgan fingerprint density at radius 2 is 1.94 bits per heavy atom. The highest BCUT2D eigenvalue weighted by Crippen LogP contribution is 2.31. The molecule has 32 heavy (non-hydrogen) atoms. The summed E-state index contributed by atoms with van der Waals surface area (Å²) in [6, 6.07) is 12.8. The fraction of sp³-hybridized carbons (Fsp3) is 0.167. The second kappa shape index (κ2) is 8.55.